The monoisotopic (exact) mass is 313 g/mol. The summed E-state index contributed by atoms with van der Waals surface area (Å²) in [4.78, 5) is 0. The second kappa shape index (κ2) is 8.02. The molecule has 0 amide bonds. The second-order valence-electron chi connectivity index (χ2n) is 6.41. The molecule has 0 aliphatic rings. The van der Waals surface area contributed by atoms with Gasteiger partial charge in [-0.05, 0) is 49.1 Å². The van der Waals surface area contributed by atoms with Gasteiger partial charge in [0.2, 0.25) is 0 Å². The fourth-order valence-corrected chi connectivity index (χ4v) is 2.40. The first kappa shape index (κ1) is 17.4. The van der Waals surface area contributed by atoms with E-state index >= 15 is 0 Å². The molecule has 0 heterocycles. The number of hydrogen-bond donors (Lipinski definition) is 2. The van der Waals surface area contributed by atoms with E-state index in [4.69, 9.17) is 4.74 Å². The predicted octanol–water partition coefficient (Wildman–Crippen LogP) is 4.28. The van der Waals surface area contributed by atoms with Crippen LogP contribution in [0.2, 0.25) is 0 Å². The fraction of sp³-hybridized carbons (Fsp3) is 0.400. The molecule has 0 saturated heterocycles. The summed E-state index contributed by atoms with van der Waals surface area (Å²) in [5, 5.41) is 13.4. The maximum Gasteiger partial charge on any atom is 0.123 e. The van der Waals surface area contributed by atoms with Crippen LogP contribution in [0.5, 0.6) is 5.75 Å². The highest BCUT2D eigenvalue weighted by atomic mass is 16.5. The summed E-state index contributed by atoms with van der Waals surface area (Å²) in [7, 11) is 0. The van der Waals surface area contributed by atoms with Crippen LogP contribution in [0.15, 0.2) is 42.5 Å². The summed E-state index contributed by atoms with van der Waals surface area (Å²) in [6.07, 6.45) is -0.558. The molecule has 0 aromatic heterocycles. The van der Waals surface area contributed by atoms with Crippen molar-refractivity contribution in [2.24, 2.45) is 0 Å². The molecule has 0 spiro atoms. The molecule has 0 aliphatic heterocycles. The van der Waals surface area contributed by atoms with Gasteiger partial charge in [-0.2, -0.15) is 0 Å². The molecule has 2 rings (SSSR count). The normalized spacial score (nSPS) is 12.3. The molecule has 2 aromatic carbocycles. The van der Waals surface area contributed by atoms with E-state index < -0.39 is 6.10 Å². The van der Waals surface area contributed by atoms with Crippen LogP contribution >= 0.6 is 0 Å². The van der Waals surface area contributed by atoms with Gasteiger partial charge in [-0.15, -0.1) is 0 Å². The van der Waals surface area contributed by atoms with Crippen LogP contribution < -0.4 is 10.1 Å². The molecule has 2 aromatic rings. The van der Waals surface area contributed by atoms with Crippen molar-refractivity contribution in [2.75, 3.05) is 18.5 Å². The Balaban J connectivity index is 1.88. The smallest absolute Gasteiger partial charge is 0.123 e. The van der Waals surface area contributed by atoms with Crippen molar-refractivity contribution in [1.29, 1.82) is 0 Å². The highest BCUT2D eigenvalue weighted by Crippen LogP contribution is 2.27. The van der Waals surface area contributed by atoms with Gasteiger partial charge in [-0.3, -0.25) is 0 Å². The van der Waals surface area contributed by atoms with E-state index in [1.54, 1.807) is 0 Å². The van der Waals surface area contributed by atoms with Gasteiger partial charge in [0.1, 0.15) is 18.5 Å². The highest BCUT2D eigenvalue weighted by Gasteiger charge is 2.11. The zero-order valence-electron chi connectivity index (χ0n) is 14.5. The van der Waals surface area contributed by atoms with E-state index in [0.717, 1.165) is 17.0 Å². The van der Waals surface area contributed by atoms with Crippen LogP contribution in [0.1, 0.15) is 36.5 Å². The second-order valence-corrected chi connectivity index (χ2v) is 6.41. The lowest BCUT2D eigenvalue weighted by molar-refractivity contribution is 0.117. The lowest BCUT2D eigenvalue weighted by atomic mass is 10.0. The molecule has 0 bridgehead atoms. The number of aliphatic hydroxyl groups is 1. The average Bonchev–Trinajstić information content (AvgIpc) is 2.52. The number of nitrogens with one attached hydrogen (secondary N) is 1. The molecule has 23 heavy (non-hydrogen) atoms. The SMILES string of the molecule is Cc1ccc(NC[C@H](O)COc2cc(C)ccc2C(C)C)cc1. The lowest BCUT2D eigenvalue weighted by Crippen LogP contribution is -2.26. The Hall–Kier alpha value is -2.00. The van der Waals surface area contributed by atoms with Gasteiger partial charge in [0, 0.05) is 12.2 Å². The Morgan fingerprint density at radius 3 is 2.30 bits per heavy atom. The van der Waals surface area contributed by atoms with Crippen molar-refractivity contribution in [3.63, 3.8) is 0 Å². The van der Waals surface area contributed by atoms with E-state index in [2.05, 4.69) is 38.2 Å². The van der Waals surface area contributed by atoms with E-state index in [1.165, 1.54) is 11.1 Å². The van der Waals surface area contributed by atoms with E-state index in [0.29, 0.717) is 12.5 Å². The molecule has 124 valence electrons. The van der Waals surface area contributed by atoms with Crippen molar-refractivity contribution in [3.8, 4) is 5.75 Å². The molecule has 0 fully saturated rings. The number of aryl methyl sites for hydroxylation is 2. The van der Waals surface area contributed by atoms with Crippen LogP contribution in [0.3, 0.4) is 0 Å². The minimum Gasteiger partial charge on any atom is -0.491 e. The minimum absolute atomic E-state index is 0.280. The molecule has 0 aliphatic carbocycles. The van der Waals surface area contributed by atoms with Crippen molar-refractivity contribution in [1.82, 2.24) is 0 Å². The fourth-order valence-electron chi connectivity index (χ4n) is 2.40. The maximum atomic E-state index is 10.1. The van der Waals surface area contributed by atoms with Crippen molar-refractivity contribution in [2.45, 2.75) is 39.7 Å². The molecular weight excluding hydrogens is 286 g/mol. The third-order valence-corrected chi connectivity index (χ3v) is 3.82. The molecule has 2 N–H and O–H groups in total. The van der Waals surface area contributed by atoms with Crippen molar-refractivity contribution >= 4 is 5.69 Å². The molecule has 1 atom stereocenters. The van der Waals surface area contributed by atoms with Gasteiger partial charge in [0.15, 0.2) is 0 Å². The predicted molar refractivity (Wildman–Crippen MR) is 96.4 cm³/mol. The zero-order chi connectivity index (χ0) is 16.8. The molecule has 3 nitrogen and oxygen atoms in total. The summed E-state index contributed by atoms with van der Waals surface area (Å²) in [5.41, 5.74) is 4.57. The first-order valence-corrected chi connectivity index (χ1v) is 8.17. The lowest BCUT2D eigenvalue weighted by Gasteiger charge is -2.18. The zero-order valence-corrected chi connectivity index (χ0v) is 14.5. The quantitative estimate of drug-likeness (QED) is 0.801. The van der Waals surface area contributed by atoms with Gasteiger partial charge in [0.25, 0.3) is 0 Å². The number of anilines is 1. The first-order chi connectivity index (χ1) is 11.0. The number of aliphatic hydroxyl groups excluding tert-OH is 1. The Kier molecular flexibility index (Phi) is 6.05. The highest BCUT2D eigenvalue weighted by molar-refractivity contribution is 5.44. The molecule has 0 saturated carbocycles. The van der Waals surface area contributed by atoms with E-state index in [-0.39, 0.29) is 6.61 Å². The minimum atomic E-state index is -0.558. The van der Waals surface area contributed by atoms with Gasteiger partial charge in [-0.1, -0.05) is 43.7 Å². The maximum absolute atomic E-state index is 10.1. The summed E-state index contributed by atoms with van der Waals surface area (Å²) in [5.74, 6) is 1.27. The molecule has 0 unspecified atom stereocenters. The Morgan fingerprint density at radius 1 is 1.00 bits per heavy atom. The number of rotatable bonds is 7. The van der Waals surface area contributed by atoms with Gasteiger partial charge < -0.3 is 15.2 Å². The molecular formula is C20H27NO2. The van der Waals surface area contributed by atoms with Crippen LogP contribution in [0, 0.1) is 13.8 Å². The topological polar surface area (TPSA) is 41.5 Å². The van der Waals surface area contributed by atoms with Gasteiger partial charge in [0.05, 0.1) is 0 Å². The third kappa shape index (κ3) is 5.29. The molecule has 0 radical (unpaired) electrons. The number of hydrogen-bond acceptors (Lipinski definition) is 3. The third-order valence-electron chi connectivity index (χ3n) is 3.82. The standard InChI is InChI=1S/C20H27NO2/c1-14(2)19-10-7-16(4)11-20(19)23-13-18(22)12-21-17-8-5-15(3)6-9-17/h5-11,14,18,21-22H,12-13H2,1-4H3/t18-/m0/s1. The number of benzene rings is 2. The Labute approximate surface area is 139 Å². The number of ether oxygens (including phenoxy) is 1. The Morgan fingerprint density at radius 2 is 1.65 bits per heavy atom. The van der Waals surface area contributed by atoms with Crippen LogP contribution in [-0.2, 0) is 0 Å². The summed E-state index contributed by atoms with van der Waals surface area (Å²) in [6.45, 7) is 9.14. The molecule has 3 heteroatoms. The average molecular weight is 313 g/mol. The van der Waals surface area contributed by atoms with Gasteiger partial charge in [-0.25, -0.2) is 0 Å². The largest absolute Gasteiger partial charge is 0.491 e. The summed E-state index contributed by atoms with van der Waals surface area (Å²) in [6, 6.07) is 14.4. The van der Waals surface area contributed by atoms with Crippen molar-refractivity contribution in [3.05, 3.63) is 59.2 Å². The van der Waals surface area contributed by atoms with Crippen LogP contribution in [0.4, 0.5) is 5.69 Å². The van der Waals surface area contributed by atoms with E-state index in [9.17, 15) is 5.11 Å². The van der Waals surface area contributed by atoms with Gasteiger partial charge >= 0.3 is 0 Å². The Bertz CT molecular complexity index is 620. The van der Waals surface area contributed by atoms with Crippen LogP contribution in [0.25, 0.3) is 0 Å². The van der Waals surface area contributed by atoms with Crippen molar-refractivity contribution < 1.29 is 9.84 Å². The van der Waals surface area contributed by atoms with E-state index in [1.807, 2.05) is 37.3 Å². The summed E-state index contributed by atoms with van der Waals surface area (Å²) >= 11 is 0. The van der Waals surface area contributed by atoms with Crippen LogP contribution in [-0.4, -0.2) is 24.4 Å². The summed E-state index contributed by atoms with van der Waals surface area (Å²) < 4.78 is 5.86. The first-order valence-electron chi connectivity index (χ1n) is 8.17.